The van der Waals surface area contributed by atoms with E-state index < -0.39 is 6.10 Å². The van der Waals surface area contributed by atoms with Crippen molar-refractivity contribution in [3.05, 3.63) is 113 Å². The van der Waals surface area contributed by atoms with Gasteiger partial charge in [-0.2, -0.15) is 0 Å². The second-order valence-corrected chi connectivity index (χ2v) is 9.90. The number of anilines is 1. The predicted molar refractivity (Wildman–Crippen MR) is 153 cm³/mol. The van der Waals surface area contributed by atoms with Crippen LogP contribution in [0.1, 0.15) is 22.3 Å². The maximum atomic E-state index is 11.3. The summed E-state index contributed by atoms with van der Waals surface area (Å²) in [4.78, 5) is 0. The molecule has 0 saturated carbocycles. The minimum Gasteiger partial charge on any atom is -0.389 e. The van der Waals surface area contributed by atoms with Crippen molar-refractivity contribution in [3.63, 3.8) is 0 Å². The molecule has 1 atom stereocenters. The molecule has 0 aliphatic heterocycles. The Morgan fingerprint density at radius 1 is 0.722 bits per heavy atom. The van der Waals surface area contributed by atoms with Crippen LogP contribution in [-0.2, 0) is 6.54 Å². The van der Waals surface area contributed by atoms with Crippen molar-refractivity contribution in [2.45, 2.75) is 40.3 Å². The molecule has 0 radical (unpaired) electrons. The highest BCUT2D eigenvalue weighted by Crippen LogP contribution is 2.42. The Labute approximate surface area is 214 Å². The number of rotatable bonds is 7. The number of aliphatic hydroxyl groups is 1. The zero-order valence-corrected chi connectivity index (χ0v) is 21.5. The Hall–Kier alpha value is -3.82. The van der Waals surface area contributed by atoms with Gasteiger partial charge in [0.25, 0.3) is 0 Å². The molecule has 0 spiro atoms. The van der Waals surface area contributed by atoms with Gasteiger partial charge in [0, 0.05) is 23.2 Å². The quantitative estimate of drug-likeness (QED) is 0.254. The van der Waals surface area contributed by atoms with Gasteiger partial charge < -0.3 is 15.0 Å². The van der Waals surface area contributed by atoms with Crippen molar-refractivity contribution < 1.29 is 5.11 Å². The fourth-order valence-corrected chi connectivity index (χ4v) is 5.37. The lowest BCUT2D eigenvalue weighted by molar-refractivity contribution is 0.169. The minimum atomic E-state index is -0.562. The van der Waals surface area contributed by atoms with Crippen LogP contribution >= 0.6 is 0 Å². The number of benzene rings is 4. The Balaban J connectivity index is 1.63. The average molecular weight is 475 g/mol. The van der Waals surface area contributed by atoms with E-state index in [0.29, 0.717) is 13.1 Å². The van der Waals surface area contributed by atoms with Crippen LogP contribution in [0, 0.1) is 27.7 Å². The molecule has 0 fully saturated rings. The molecule has 2 N–H and O–H groups in total. The number of hydrogen-bond acceptors (Lipinski definition) is 2. The van der Waals surface area contributed by atoms with Gasteiger partial charge in [-0.1, -0.05) is 90.0 Å². The zero-order valence-electron chi connectivity index (χ0n) is 21.5. The van der Waals surface area contributed by atoms with Crippen LogP contribution in [0.5, 0.6) is 0 Å². The van der Waals surface area contributed by atoms with Crippen LogP contribution in [-0.4, -0.2) is 22.3 Å². The number of aryl methyl sites for hydroxylation is 4. The summed E-state index contributed by atoms with van der Waals surface area (Å²) < 4.78 is 2.33. The third-order valence-electron chi connectivity index (χ3n) is 6.90. The maximum Gasteiger partial charge on any atom is 0.0891 e. The molecule has 0 unspecified atom stereocenters. The normalized spacial score (nSPS) is 12.1. The highest BCUT2D eigenvalue weighted by molar-refractivity contribution is 6.06. The lowest BCUT2D eigenvalue weighted by Gasteiger charge is -2.19. The van der Waals surface area contributed by atoms with Gasteiger partial charge in [-0.05, 0) is 62.1 Å². The third-order valence-corrected chi connectivity index (χ3v) is 6.90. The van der Waals surface area contributed by atoms with Crippen LogP contribution in [0.25, 0.3) is 33.3 Å². The van der Waals surface area contributed by atoms with Gasteiger partial charge in [0.2, 0.25) is 0 Å². The summed E-state index contributed by atoms with van der Waals surface area (Å²) in [5, 5.41) is 16.0. The van der Waals surface area contributed by atoms with E-state index in [2.05, 4.69) is 129 Å². The molecule has 1 aromatic heterocycles. The van der Waals surface area contributed by atoms with Gasteiger partial charge in [0.05, 0.1) is 23.9 Å². The summed E-state index contributed by atoms with van der Waals surface area (Å²) in [6.07, 6.45) is -0.562. The summed E-state index contributed by atoms with van der Waals surface area (Å²) in [5.41, 5.74) is 11.9. The van der Waals surface area contributed by atoms with Crippen molar-refractivity contribution in [2.24, 2.45) is 0 Å². The minimum absolute atomic E-state index is 0.476. The molecule has 3 heteroatoms. The Morgan fingerprint density at radius 2 is 1.36 bits per heavy atom. The van der Waals surface area contributed by atoms with Gasteiger partial charge in [-0.15, -0.1) is 0 Å². The van der Waals surface area contributed by atoms with Gasteiger partial charge in [0.15, 0.2) is 0 Å². The molecule has 1 heterocycles. The topological polar surface area (TPSA) is 37.2 Å². The van der Waals surface area contributed by atoms with Crippen LogP contribution in [0.2, 0.25) is 0 Å². The van der Waals surface area contributed by atoms with E-state index in [4.69, 9.17) is 0 Å². The Morgan fingerprint density at radius 3 is 2.03 bits per heavy atom. The second-order valence-electron chi connectivity index (χ2n) is 9.90. The number of aromatic nitrogens is 1. The summed E-state index contributed by atoms with van der Waals surface area (Å²) in [7, 11) is 0. The van der Waals surface area contributed by atoms with Crippen molar-refractivity contribution in [1.29, 1.82) is 0 Å². The third kappa shape index (κ3) is 4.67. The van der Waals surface area contributed by atoms with Crippen LogP contribution < -0.4 is 5.32 Å². The maximum absolute atomic E-state index is 11.3. The van der Waals surface area contributed by atoms with Crippen LogP contribution in [0.3, 0.4) is 0 Å². The molecular weight excluding hydrogens is 440 g/mol. The monoisotopic (exact) mass is 474 g/mol. The number of hydrogen-bond donors (Lipinski definition) is 2. The van der Waals surface area contributed by atoms with Crippen molar-refractivity contribution >= 4 is 16.6 Å². The van der Waals surface area contributed by atoms with Crippen LogP contribution in [0.15, 0.2) is 91.0 Å². The zero-order chi connectivity index (χ0) is 25.2. The van der Waals surface area contributed by atoms with Crippen molar-refractivity contribution in [3.8, 4) is 22.4 Å². The average Bonchev–Trinajstić information content (AvgIpc) is 3.18. The highest BCUT2D eigenvalue weighted by atomic mass is 16.3. The molecule has 4 aromatic carbocycles. The molecule has 182 valence electrons. The molecule has 0 bridgehead atoms. The second kappa shape index (κ2) is 10.0. The van der Waals surface area contributed by atoms with E-state index in [-0.39, 0.29) is 0 Å². The van der Waals surface area contributed by atoms with Gasteiger partial charge in [-0.25, -0.2) is 0 Å². The Kier molecular flexibility index (Phi) is 6.67. The summed E-state index contributed by atoms with van der Waals surface area (Å²) in [6.45, 7) is 9.51. The summed E-state index contributed by atoms with van der Waals surface area (Å²) in [6, 6.07) is 32.1. The lowest BCUT2D eigenvalue weighted by Crippen LogP contribution is -2.25. The fourth-order valence-electron chi connectivity index (χ4n) is 5.37. The molecule has 0 saturated heterocycles. The van der Waals surface area contributed by atoms with E-state index in [1.807, 2.05) is 0 Å². The van der Waals surface area contributed by atoms with Gasteiger partial charge in [-0.3, -0.25) is 0 Å². The van der Waals surface area contributed by atoms with E-state index in [1.54, 1.807) is 0 Å². The first-order chi connectivity index (χ1) is 17.4. The molecule has 3 nitrogen and oxygen atoms in total. The van der Waals surface area contributed by atoms with Crippen molar-refractivity contribution in [2.75, 3.05) is 11.9 Å². The smallest absolute Gasteiger partial charge is 0.0891 e. The van der Waals surface area contributed by atoms with Crippen molar-refractivity contribution in [1.82, 2.24) is 4.57 Å². The largest absolute Gasteiger partial charge is 0.389 e. The Bertz CT molecular complexity index is 1500. The number of nitrogens with zero attached hydrogens (tertiary/aromatic N) is 1. The molecule has 5 aromatic rings. The molecule has 0 aliphatic rings. The van der Waals surface area contributed by atoms with E-state index in [0.717, 1.165) is 16.9 Å². The van der Waals surface area contributed by atoms with Gasteiger partial charge in [0.1, 0.15) is 0 Å². The highest BCUT2D eigenvalue weighted by Gasteiger charge is 2.23. The van der Waals surface area contributed by atoms with E-state index in [1.165, 1.54) is 44.3 Å². The molecule has 0 aliphatic carbocycles. The summed E-state index contributed by atoms with van der Waals surface area (Å²) >= 11 is 0. The first-order valence-corrected chi connectivity index (χ1v) is 12.7. The first kappa shape index (κ1) is 23.9. The van der Waals surface area contributed by atoms with Gasteiger partial charge >= 0.3 is 0 Å². The first-order valence-electron chi connectivity index (χ1n) is 12.7. The van der Waals surface area contributed by atoms with E-state index >= 15 is 0 Å². The standard InChI is InChI=1S/C33H34N2O/c1-22-15-16-30(24(3)17-22)34-20-28(36)21-35-32-25(4)18-23(2)19-29(32)31(26-11-7-5-8-12-26)33(35)27-13-9-6-10-14-27/h5-19,28,34,36H,20-21H2,1-4H3/t28-/m0/s1. The summed E-state index contributed by atoms with van der Waals surface area (Å²) in [5.74, 6) is 0. The molecular formula is C33H34N2O. The van der Waals surface area contributed by atoms with E-state index in [9.17, 15) is 5.11 Å². The lowest BCUT2D eigenvalue weighted by atomic mass is 9.97. The predicted octanol–water partition coefficient (Wildman–Crippen LogP) is 7.68. The van der Waals surface area contributed by atoms with Crippen LogP contribution in [0.4, 0.5) is 5.69 Å². The molecule has 36 heavy (non-hydrogen) atoms. The number of fused-ring (bicyclic) bond motifs is 1. The SMILES string of the molecule is Cc1ccc(NC[C@H](O)Cn2c(-c3ccccc3)c(-c3ccccc3)c3cc(C)cc(C)c32)c(C)c1. The molecule has 0 amide bonds. The number of aliphatic hydroxyl groups excluding tert-OH is 1. The number of nitrogens with one attached hydrogen (secondary N) is 1. The molecule has 5 rings (SSSR count). The fraction of sp³-hybridized carbons (Fsp3) is 0.212.